The molecular formula is C15H19NO3. The van der Waals surface area contributed by atoms with Crippen molar-refractivity contribution in [2.45, 2.75) is 38.5 Å². The second-order valence-electron chi connectivity index (χ2n) is 5.88. The highest BCUT2D eigenvalue weighted by molar-refractivity contribution is 6.06. The fraction of sp³-hybridized carbons (Fsp3) is 0.467. The summed E-state index contributed by atoms with van der Waals surface area (Å²) in [5, 5.41) is 2.34. The SMILES string of the molecule is COc1ccc(C2CC(=O)NC2=O)cc1C(C)(C)C. The quantitative estimate of drug-likeness (QED) is 0.830. The largest absolute Gasteiger partial charge is 0.496 e. The summed E-state index contributed by atoms with van der Waals surface area (Å²) in [4.78, 5) is 23.0. The van der Waals surface area contributed by atoms with Crippen molar-refractivity contribution < 1.29 is 14.3 Å². The highest BCUT2D eigenvalue weighted by atomic mass is 16.5. The van der Waals surface area contributed by atoms with Crippen LogP contribution in [0.15, 0.2) is 18.2 Å². The van der Waals surface area contributed by atoms with Gasteiger partial charge in [0.2, 0.25) is 11.8 Å². The van der Waals surface area contributed by atoms with Crippen molar-refractivity contribution in [3.05, 3.63) is 29.3 Å². The third-order valence-electron chi connectivity index (χ3n) is 3.40. The van der Waals surface area contributed by atoms with E-state index in [-0.39, 0.29) is 29.6 Å². The van der Waals surface area contributed by atoms with Crippen LogP contribution in [-0.4, -0.2) is 18.9 Å². The van der Waals surface area contributed by atoms with Crippen LogP contribution < -0.4 is 10.1 Å². The first-order valence-electron chi connectivity index (χ1n) is 6.35. The van der Waals surface area contributed by atoms with Gasteiger partial charge in [-0.2, -0.15) is 0 Å². The Kier molecular flexibility index (Phi) is 3.35. The summed E-state index contributed by atoms with van der Waals surface area (Å²) in [5.74, 6) is 0.0126. The first-order chi connectivity index (χ1) is 8.82. The van der Waals surface area contributed by atoms with E-state index >= 15 is 0 Å². The summed E-state index contributed by atoms with van der Waals surface area (Å²) in [6.07, 6.45) is 0.231. The smallest absolute Gasteiger partial charge is 0.234 e. The lowest BCUT2D eigenvalue weighted by Crippen LogP contribution is -2.21. The van der Waals surface area contributed by atoms with Crippen molar-refractivity contribution in [2.75, 3.05) is 7.11 Å². The summed E-state index contributed by atoms with van der Waals surface area (Å²) < 4.78 is 5.37. The van der Waals surface area contributed by atoms with E-state index in [0.717, 1.165) is 16.9 Å². The third-order valence-corrected chi connectivity index (χ3v) is 3.40. The standard InChI is InChI=1S/C15H19NO3/c1-15(2,3)11-7-9(5-6-12(11)19-4)10-8-13(17)16-14(10)18/h5-7,10H,8H2,1-4H3,(H,16,17,18). The summed E-state index contributed by atoms with van der Waals surface area (Å²) in [6, 6.07) is 5.70. The number of carbonyl (C=O) groups is 2. The van der Waals surface area contributed by atoms with Gasteiger partial charge in [-0.25, -0.2) is 0 Å². The number of imide groups is 1. The van der Waals surface area contributed by atoms with Gasteiger partial charge in [0.1, 0.15) is 5.75 Å². The van der Waals surface area contributed by atoms with E-state index in [1.54, 1.807) is 7.11 Å². The van der Waals surface area contributed by atoms with Gasteiger partial charge in [-0.05, 0) is 22.6 Å². The predicted molar refractivity (Wildman–Crippen MR) is 72.2 cm³/mol. The van der Waals surface area contributed by atoms with Gasteiger partial charge in [-0.1, -0.05) is 32.9 Å². The molecule has 0 bridgehead atoms. The molecule has 1 fully saturated rings. The lowest BCUT2D eigenvalue weighted by Gasteiger charge is -2.23. The molecule has 1 aromatic rings. The Balaban J connectivity index is 2.44. The minimum absolute atomic E-state index is 0.0829. The zero-order chi connectivity index (χ0) is 14.2. The van der Waals surface area contributed by atoms with Crippen LogP contribution in [0.3, 0.4) is 0 Å². The molecule has 1 heterocycles. The van der Waals surface area contributed by atoms with E-state index in [1.807, 2.05) is 18.2 Å². The molecule has 1 aliphatic rings. The van der Waals surface area contributed by atoms with Crippen LogP contribution in [-0.2, 0) is 15.0 Å². The normalized spacial score (nSPS) is 19.5. The van der Waals surface area contributed by atoms with Gasteiger partial charge in [0, 0.05) is 6.42 Å². The van der Waals surface area contributed by atoms with Crippen LogP contribution in [0.1, 0.15) is 44.2 Å². The zero-order valence-electron chi connectivity index (χ0n) is 11.7. The second-order valence-corrected chi connectivity index (χ2v) is 5.88. The van der Waals surface area contributed by atoms with Crippen molar-refractivity contribution in [3.8, 4) is 5.75 Å². The van der Waals surface area contributed by atoms with Crippen LogP contribution in [0.5, 0.6) is 5.75 Å². The summed E-state index contributed by atoms with van der Waals surface area (Å²) >= 11 is 0. The molecule has 0 aromatic heterocycles. The minimum Gasteiger partial charge on any atom is -0.496 e. The molecule has 1 aliphatic heterocycles. The molecule has 1 saturated heterocycles. The Morgan fingerprint density at radius 3 is 2.42 bits per heavy atom. The van der Waals surface area contributed by atoms with Crippen LogP contribution in [0, 0.1) is 0 Å². The molecular weight excluding hydrogens is 242 g/mol. The average molecular weight is 261 g/mol. The molecule has 1 unspecified atom stereocenters. The van der Waals surface area contributed by atoms with E-state index in [2.05, 4.69) is 26.1 Å². The second kappa shape index (κ2) is 4.68. The summed E-state index contributed by atoms with van der Waals surface area (Å²) in [5.41, 5.74) is 1.83. The Morgan fingerprint density at radius 1 is 1.26 bits per heavy atom. The molecule has 19 heavy (non-hydrogen) atoms. The molecule has 1 aromatic carbocycles. The van der Waals surface area contributed by atoms with Crippen molar-refractivity contribution in [1.29, 1.82) is 0 Å². The lowest BCUT2D eigenvalue weighted by molar-refractivity contribution is -0.125. The maximum atomic E-state index is 11.7. The maximum absolute atomic E-state index is 11.7. The van der Waals surface area contributed by atoms with Crippen molar-refractivity contribution in [2.24, 2.45) is 0 Å². The van der Waals surface area contributed by atoms with Crippen LogP contribution >= 0.6 is 0 Å². The molecule has 2 amide bonds. The average Bonchev–Trinajstić information content (AvgIpc) is 2.66. The van der Waals surface area contributed by atoms with E-state index < -0.39 is 0 Å². The molecule has 2 rings (SSSR count). The number of ether oxygens (including phenoxy) is 1. The van der Waals surface area contributed by atoms with Gasteiger partial charge < -0.3 is 4.74 Å². The Labute approximate surface area is 113 Å². The minimum atomic E-state index is -0.375. The molecule has 0 radical (unpaired) electrons. The molecule has 102 valence electrons. The maximum Gasteiger partial charge on any atom is 0.234 e. The van der Waals surface area contributed by atoms with E-state index in [1.165, 1.54) is 0 Å². The molecule has 0 saturated carbocycles. The van der Waals surface area contributed by atoms with Crippen LogP contribution in [0.25, 0.3) is 0 Å². The summed E-state index contributed by atoms with van der Waals surface area (Å²) in [7, 11) is 1.63. The van der Waals surface area contributed by atoms with Crippen molar-refractivity contribution in [3.63, 3.8) is 0 Å². The predicted octanol–water partition coefficient (Wildman–Crippen LogP) is 2.12. The molecule has 0 aliphatic carbocycles. The Hall–Kier alpha value is -1.84. The Morgan fingerprint density at radius 2 is 1.95 bits per heavy atom. The third kappa shape index (κ3) is 2.62. The molecule has 1 N–H and O–H groups in total. The van der Waals surface area contributed by atoms with Gasteiger partial charge in [-0.15, -0.1) is 0 Å². The first-order valence-corrected chi connectivity index (χ1v) is 6.35. The number of amides is 2. The van der Waals surface area contributed by atoms with Crippen molar-refractivity contribution >= 4 is 11.8 Å². The van der Waals surface area contributed by atoms with E-state index in [0.29, 0.717) is 0 Å². The highest BCUT2D eigenvalue weighted by Gasteiger charge is 2.32. The topological polar surface area (TPSA) is 55.4 Å². The lowest BCUT2D eigenvalue weighted by atomic mass is 9.83. The number of hydrogen-bond donors (Lipinski definition) is 1. The van der Waals surface area contributed by atoms with Gasteiger partial charge >= 0.3 is 0 Å². The first kappa shape index (κ1) is 13.6. The number of hydrogen-bond acceptors (Lipinski definition) is 3. The van der Waals surface area contributed by atoms with E-state index in [9.17, 15) is 9.59 Å². The fourth-order valence-corrected chi connectivity index (χ4v) is 2.35. The zero-order valence-corrected chi connectivity index (χ0v) is 11.7. The van der Waals surface area contributed by atoms with Crippen molar-refractivity contribution in [1.82, 2.24) is 5.32 Å². The Bertz CT molecular complexity index is 529. The van der Waals surface area contributed by atoms with Gasteiger partial charge in [0.25, 0.3) is 0 Å². The van der Waals surface area contributed by atoms with Gasteiger partial charge in [0.05, 0.1) is 13.0 Å². The number of methoxy groups -OCH3 is 1. The van der Waals surface area contributed by atoms with E-state index in [4.69, 9.17) is 4.74 Å². The van der Waals surface area contributed by atoms with Crippen LogP contribution in [0.2, 0.25) is 0 Å². The number of nitrogens with one attached hydrogen (secondary N) is 1. The molecule has 4 nitrogen and oxygen atoms in total. The molecule has 1 atom stereocenters. The number of carbonyl (C=O) groups excluding carboxylic acids is 2. The monoisotopic (exact) mass is 261 g/mol. The summed E-state index contributed by atoms with van der Waals surface area (Å²) in [6.45, 7) is 6.28. The van der Waals surface area contributed by atoms with Crippen LogP contribution in [0.4, 0.5) is 0 Å². The molecule has 4 heteroatoms. The number of rotatable bonds is 2. The van der Waals surface area contributed by atoms with Gasteiger partial charge in [-0.3, -0.25) is 14.9 Å². The van der Waals surface area contributed by atoms with Gasteiger partial charge in [0.15, 0.2) is 0 Å². The molecule has 0 spiro atoms. The highest BCUT2D eigenvalue weighted by Crippen LogP contribution is 2.35. The number of benzene rings is 1. The fourth-order valence-electron chi connectivity index (χ4n) is 2.35.